The van der Waals surface area contributed by atoms with Crippen molar-refractivity contribution >= 4 is 17.9 Å². The van der Waals surface area contributed by atoms with Crippen molar-refractivity contribution in [3.05, 3.63) is 71.5 Å². The highest BCUT2D eigenvalue weighted by Gasteiger charge is 2.20. The van der Waals surface area contributed by atoms with Crippen LogP contribution in [0.2, 0.25) is 0 Å². The Kier molecular flexibility index (Phi) is 4.23. The van der Waals surface area contributed by atoms with Gasteiger partial charge in [-0.1, -0.05) is 30.3 Å². The molecule has 2 aromatic heterocycles. The molecule has 0 saturated heterocycles. The number of hydrogen-bond donors (Lipinski definition) is 2. The lowest BCUT2D eigenvalue weighted by Gasteiger charge is -2.12. The molecular weight excluding hydrogens is 326 g/mol. The van der Waals surface area contributed by atoms with Crippen molar-refractivity contribution in [2.24, 2.45) is 5.10 Å². The van der Waals surface area contributed by atoms with Crippen LogP contribution in [0.3, 0.4) is 0 Å². The fourth-order valence-corrected chi connectivity index (χ4v) is 2.96. The zero-order chi connectivity index (χ0) is 17.9. The minimum Gasteiger partial charge on any atom is -0.358 e. The van der Waals surface area contributed by atoms with E-state index in [-0.39, 0.29) is 5.91 Å². The molecule has 0 unspecified atom stereocenters. The van der Waals surface area contributed by atoms with Gasteiger partial charge in [-0.05, 0) is 23.8 Å². The molecule has 6 nitrogen and oxygen atoms in total. The highest BCUT2D eigenvalue weighted by Crippen LogP contribution is 2.26. The first-order valence-corrected chi connectivity index (χ1v) is 8.50. The third-order valence-electron chi connectivity index (χ3n) is 4.37. The maximum Gasteiger partial charge on any atom is 0.253 e. The highest BCUT2D eigenvalue weighted by molar-refractivity contribution is 5.97. The average molecular weight is 345 g/mol. The number of hydrazone groups is 1. The zero-order valence-corrected chi connectivity index (χ0v) is 14.4. The van der Waals surface area contributed by atoms with Crippen LogP contribution in [0.15, 0.2) is 59.8 Å². The molecule has 1 aliphatic rings. The minimum atomic E-state index is -0.0207. The van der Waals surface area contributed by atoms with Gasteiger partial charge in [0.1, 0.15) is 5.82 Å². The second kappa shape index (κ2) is 6.84. The number of benzene rings is 1. The van der Waals surface area contributed by atoms with E-state index in [0.29, 0.717) is 6.54 Å². The number of hydrogen-bond acceptors (Lipinski definition) is 4. The van der Waals surface area contributed by atoms with Crippen LogP contribution in [0.25, 0.3) is 11.3 Å². The summed E-state index contributed by atoms with van der Waals surface area (Å²) in [6, 6.07) is 15.7. The number of pyridine rings is 1. The molecule has 0 fully saturated rings. The molecule has 4 rings (SSSR count). The molecule has 0 spiro atoms. The van der Waals surface area contributed by atoms with Gasteiger partial charge in [0.2, 0.25) is 0 Å². The molecular formula is C20H19N5O. The molecule has 130 valence electrons. The SMILES string of the molecule is CN(N=Cc1ccccc1)c1cc(-c2cc3c([nH]2)CCNC3=O)ccn1. The normalized spacial score (nSPS) is 13.5. The van der Waals surface area contributed by atoms with E-state index in [0.717, 1.165) is 40.3 Å². The van der Waals surface area contributed by atoms with Crippen LogP contribution in [0.1, 0.15) is 21.6 Å². The second-order valence-electron chi connectivity index (χ2n) is 6.16. The van der Waals surface area contributed by atoms with E-state index >= 15 is 0 Å². The van der Waals surface area contributed by atoms with Gasteiger partial charge in [0.05, 0.1) is 11.8 Å². The number of carbonyl (C=O) groups excluding carboxylic acids is 1. The van der Waals surface area contributed by atoms with E-state index in [9.17, 15) is 4.79 Å². The van der Waals surface area contributed by atoms with Crippen LogP contribution < -0.4 is 10.3 Å². The van der Waals surface area contributed by atoms with Crippen molar-refractivity contribution < 1.29 is 4.79 Å². The molecule has 1 amide bonds. The molecule has 0 radical (unpaired) electrons. The molecule has 0 aliphatic carbocycles. The van der Waals surface area contributed by atoms with Crippen LogP contribution in [0, 0.1) is 0 Å². The first-order valence-electron chi connectivity index (χ1n) is 8.50. The lowest BCUT2D eigenvalue weighted by atomic mass is 10.1. The predicted molar refractivity (Wildman–Crippen MR) is 102 cm³/mol. The number of carbonyl (C=O) groups is 1. The van der Waals surface area contributed by atoms with E-state index in [1.807, 2.05) is 55.6 Å². The number of rotatable bonds is 4. The summed E-state index contributed by atoms with van der Waals surface area (Å²) in [6.07, 6.45) is 4.37. The number of aromatic amines is 1. The number of nitrogens with zero attached hydrogens (tertiary/aromatic N) is 3. The van der Waals surface area contributed by atoms with Crippen molar-refractivity contribution in [1.29, 1.82) is 0 Å². The highest BCUT2D eigenvalue weighted by atomic mass is 16.1. The summed E-state index contributed by atoms with van der Waals surface area (Å²) in [5.41, 5.74) is 4.62. The quantitative estimate of drug-likeness (QED) is 0.564. The Hall–Kier alpha value is -3.41. The third-order valence-corrected chi connectivity index (χ3v) is 4.37. The molecule has 0 bridgehead atoms. The number of fused-ring (bicyclic) bond motifs is 1. The maximum atomic E-state index is 12.0. The third kappa shape index (κ3) is 3.21. The molecule has 3 heterocycles. The van der Waals surface area contributed by atoms with Crippen LogP contribution in [-0.4, -0.2) is 35.7 Å². The zero-order valence-electron chi connectivity index (χ0n) is 14.4. The van der Waals surface area contributed by atoms with E-state index < -0.39 is 0 Å². The molecule has 0 saturated carbocycles. The summed E-state index contributed by atoms with van der Waals surface area (Å²) in [5, 5.41) is 9.04. The monoisotopic (exact) mass is 345 g/mol. The van der Waals surface area contributed by atoms with Gasteiger partial charge < -0.3 is 10.3 Å². The van der Waals surface area contributed by atoms with Crippen molar-refractivity contribution in [3.8, 4) is 11.3 Å². The summed E-state index contributed by atoms with van der Waals surface area (Å²) in [5.74, 6) is 0.708. The Balaban J connectivity index is 1.59. The largest absolute Gasteiger partial charge is 0.358 e. The van der Waals surface area contributed by atoms with Crippen molar-refractivity contribution in [2.75, 3.05) is 18.6 Å². The number of amides is 1. The molecule has 1 aliphatic heterocycles. The lowest BCUT2D eigenvalue weighted by molar-refractivity contribution is 0.0946. The Morgan fingerprint density at radius 3 is 2.85 bits per heavy atom. The Morgan fingerprint density at radius 2 is 2.04 bits per heavy atom. The van der Waals surface area contributed by atoms with Gasteiger partial charge in [-0.15, -0.1) is 0 Å². The topological polar surface area (TPSA) is 73.4 Å². The summed E-state index contributed by atoms with van der Waals surface area (Å²) < 4.78 is 0. The average Bonchev–Trinajstić information content (AvgIpc) is 3.13. The Bertz CT molecular complexity index is 961. The number of aromatic nitrogens is 2. The van der Waals surface area contributed by atoms with E-state index in [4.69, 9.17) is 0 Å². The van der Waals surface area contributed by atoms with Crippen LogP contribution >= 0.6 is 0 Å². The van der Waals surface area contributed by atoms with E-state index in [1.54, 1.807) is 17.4 Å². The van der Waals surface area contributed by atoms with Crippen LogP contribution in [0.4, 0.5) is 5.82 Å². The standard InChI is InChI=1S/C20H19N5O/c1-25(23-13-14-5-3-2-4-6-14)19-11-15(7-9-21-19)18-12-16-17(24-18)8-10-22-20(16)26/h2-7,9,11-13,24H,8,10H2,1H3,(H,22,26). The van der Waals surface area contributed by atoms with Crippen molar-refractivity contribution in [2.45, 2.75) is 6.42 Å². The second-order valence-corrected chi connectivity index (χ2v) is 6.16. The summed E-state index contributed by atoms with van der Waals surface area (Å²) in [4.78, 5) is 19.7. The Labute approximate surface area is 151 Å². The summed E-state index contributed by atoms with van der Waals surface area (Å²) >= 11 is 0. The molecule has 26 heavy (non-hydrogen) atoms. The van der Waals surface area contributed by atoms with Gasteiger partial charge in [-0.2, -0.15) is 5.10 Å². The summed E-state index contributed by atoms with van der Waals surface area (Å²) in [6.45, 7) is 0.671. The van der Waals surface area contributed by atoms with Gasteiger partial charge in [0.15, 0.2) is 0 Å². The number of nitrogens with one attached hydrogen (secondary N) is 2. The van der Waals surface area contributed by atoms with Crippen molar-refractivity contribution in [3.63, 3.8) is 0 Å². The Morgan fingerprint density at radius 1 is 1.19 bits per heavy atom. The fraction of sp³-hybridized carbons (Fsp3) is 0.150. The van der Waals surface area contributed by atoms with Crippen molar-refractivity contribution in [1.82, 2.24) is 15.3 Å². The molecule has 3 aromatic rings. The number of H-pyrrole nitrogens is 1. The van der Waals surface area contributed by atoms with Gasteiger partial charge in [-0.25, -0.2) is 4.98 Å². The number of anilines is 1. The smallest absolute Gasteiger partial charge is 0.253 e. The van der Waals surface area contributed by atoms with E-state index in [2.05, 4.69) is 20.4 Å². The molecule has 0 atom stereocenters. The van der Waals surface area contributed by atoms with Crippen LogP contribution in [-0.2, 0) is 6.42 Å². The van der Waals surface area contributed by atoms with Gasteiger partial charge in [0.25, 0.3) is 5.91 Å². The minimum absolute atomic E-state index is 0.0207. The summed E-state index contributed by atoms with van der Waals surface area (Å²) in [7, 11) is 1.86. The van der Waals surface area contributed by atoms with Gasteiger partial charge >= 0.3 is 0 Å². The first-order chi connectivity index (χ1) is 12.7. The maximum absolute atomic E-state index is 12.0. The van der Waals surface area contributed by atoms with Gasteiger partial charge in [0, 0.05) is 43.2 Å². The molecule has 6 heteroatoms. The predicted octanol–water partition coefficient (Wildman–Crippen LogP) is 2.83. The molecule has 1 aromatic carbocycles. The lowest BCUT2D eigenvalue weighted by Crippen LogP contribution is -2.31. The van der Waals surface area contributed by atoms with E-state index in [1.165, 1.54) is 0 Å². The molecule has 2 N–H and O–H groups in total. The van der Waals surface area contributed by atoms with Gasteiger partial charge in [-0.3, -0.25) is 9.80 Å². The first kappa shape index (κ1) is 16.1. The van der Waals surface area contributed by atoms with Crippen LogP contribution in [0.5, 0.6) is 0 Å². The fourth-order valence-electron chi connectivity index (χ4n) is 2.96.